The number of carbonyl (C=O) groups is 1. The summed E-state index contributed by atoms with van der Waals surface area (Å²) in [5.41, 5.74) is 3.76. The number of nitrogens with zero attached hydrogens (tertiary/aromatic N) is 3. The van der Waals surface area contributed by atoms with Gasteiger partial charge in [0.1, 0.15) is 12.7 Å². The molecule has 0 aliphatic rings. The first kappa shape index (κ1) is 15.0. The number of nitrogens with one attached hydrogen (secondary N) is 1. The average molecular weight is 306 g/mol. The molecule has 5 heteroatoms. The van der Waals surface area contributed by atoms with Gasteiger partial charge in [-0.2, -0.15) is 5.10 Å². The fourth-order valence-electron chi connectivity index (χ4n) is 2.29. The number of aryl methyl sites for hydroxylation is 1. The zero-order valence-corrected chi connectivity index (χ0v) is 12.9. The summed E-state index contributed by atoms with van der Waals surface area (Å²) in [4.78, 5) is 16.2. The van der Waals surface area contributed by atoms with Crippen LogP contribution in [0.3, 0.4) is 0 Å². The Bertz CT molecular complexity index is 762. The van der Waals surface area contributed by atoms with Crippen molar-refractivity contribution in [2.45, 2.75) is 19.9 Å². The molecular formula is C18H18N4O. The van der Waals surface area contributed by atoms with Crippen molar-refractivity contribution >= 4 is 11.6 Å². The van der Waals surface area contributed by atoms with Crippen LogP contribution >= 0.6 is 0 Å². The van der Waals surface area contributed by atoms with Crippen LogP contribution in [0.25, 0.3) is 0 Å². The summed E-state index contributed by atoms with van der Waals surface area (Å²) in [7, 11) is 0. The first-order chi connectivity index (χ1) is 11.2. The molecule has 0 atom stereocenters. The first-order valence-corrected chi connectivity index (χ1v) is 7.56. The van der Waals surface area contributed by atoms with Gasteiger partial charge in [0.15, 0.2) is 0 Å². The molecule has 0 aliphatic heterocycles. The van der Waals surface area contributed by atoms with Crippen molar-refractivity contribution in [3.63, 3.8) is 0 Å². The molecule has 1 N–H and O–H groups in total. The van der Waals surface area contributed by atoms with Gasteiger partial charge in [-0.05, 0) is 41.8 Å². The number of rotatable bonds is 5. The minimum absolute atomic E-state index is 0.110. The smallest absolute Gasteiger partial charge is 0.255 e. The summed E-state index contributed by atoms with van der Waals surface area (Å²) in [6.45, 7) is 2.74. The van der Waals surface area contributed by atoms with Crippen molar-refractivity contribution in [1.82, 2.24) is 14.8 Å². The first-order valence-electron chi connectivity index (χ1n) is 7.56. The second kappa shape index (κ2) is 6.87. The van der Waals surface area contributed by atoms with Crippen LogP contribution in [0.4, 0.5) is 5.69 Å². The second-order valence-corrected chi connectivity index (χ2v) is 5.29. The molecule has 0 fully saturated rings. The van der Waals surface area contributed by atoms with E-state index in [0.29, 0.717) is 12.1 Å². The molecule has 1 aromatic heterocycles. The summed E-state index contributed by atoms with van der Waals surface area (Å²) < 4.78 is 1.74. The molecule has 0 bridgehead atoms. The van der Waals surface area contributed by atoms with Gasteiger partial charge in [0.2, 0.25) is 0 Å². The van der Waals surface area contributed by atoms with E-state index in [9.17, 15) is 4.79 Å². The van der Waals surface area contributed by atoms with E-state index in [2.05, 4.69) is 22.3 Å². The highest BCUT2D eigenvalue weighted by Gasteiger charge is 2.06. The molecule has 23 heavy (non-hydrogen) atoms. The summed E-state index contributed by atoms with van der Waals surface area (Å²) in [6, 6.07) is 15.4. The predicted molar refractivity (Wildman–Crippen MR) is 89.3 cm³/mol. The highest BCUT2D eigenvalue weighted by molar-refractivity contribution is 6.04. The Morgan fingerprint density at radius 2 is 1.74 bits per heavy atom. The van der Waals surface area contributed by atoms with Crippen LogP contribution in [0.5, 0.6) is 0 Å². The van der Waals surface area contributed by atoms with Gasteiger partial charge in [-0.3, -0.25) is 4.79 Å². The van der Waals surface area contributed by atoms with Gasteiger partial charge in [-0.25, -0.2) is 9.67 Å². The lowest BCUT2D eigenvalue weighted by Gasteiger charge is -2.07. The van der Waals surface area contributed by atoms with Crippen LogP contribution in [-0.2, 0) is 13.0 Å². The highest BCUT2D eigenvalue weighted by Crippen LogP contribution is 2.12. The Morgan fingerprint density at radius 3 is 2.35 bits per heavy atom. The SMILES string of the molecule is CCc1ccc(NC(=O)c2ccc(Cn3cncn3)cc2)cc1. The quantitative estimate of drug-likeness (QED) is 0.788. The molecular weight excluding hydrogens is 288 g/mol. The third-order valence-corrected chi connectivity index (χ3v) is 3.65. The van der Waals surface area contributed by atoms with Gasteiger partial charge < -0.3 is 5.32 Å². The molecule has 116 valence electrons. The highest BCUT2D eigenvalue weighted by atomic mass is 16.1. The minimum Gasteiger partial charge on any atom is -0.322 e. The monoisotopic (exact) mass is 306 g/mol. The molecule has 0 unspecified atom stereocenters. The summed E-state index contributed by atoms with van der Waals surface area (Å²) in [5.74, 6) is -0.110. The van der Waals surface area contributed by atoms with Crippen LogP contribution in [-0.4, -0.2) is 20.7 Å². The second-order valence-electron chi connectivity index (χ2n) is 5.29. The summed E-state index contributed by atoms with van der Waals surface area (Å²) >= 11 is 0. The maximum absolute atomic E-state index is 12.3. The lowest BCUT2D eigenvalue weighted by Crippen LogP contribution is -2.12. The van der Waals surface area contributed by atoms with E-state index in [-0.39, 0.29) is 5.91 Å². The lowest BCUT2D eigenvalue weighted by molar-refractivity contribution is 0.102. The molecule has 0 saturated heterocycles. The van der Waals surface area contributed by atoms with E-state index >= 15 is 0 Å². The van der Waals surface area contributed by atoms with Crippen molar-refractivity contribution < 1.29 is 4.79 Å². The van der Waals surface area contributed by atoms with E-state index < -0.39 is 0 Å². The minimum atomic E-state index is -0.110. The fourth-order valence-corrected chi connectivity index (χ4v) is 2.29. The number of hydrogen-bond acceptors (Lipinski definition) is 3. The van der Waals surface area contributed by atoms with Crippen molar-refractivity contribution in [2.75, 3.05) is 5.32 Å². The topological polar surface area (TPSA) is 59.8 Å². The zero-order valence-electron chi connectivity index (χ0n) is 12.9. The predicted octanol–water partition coefficient (Wildman–Crippen LogP) is 3.14. The van der Waals surface area contributed by atoms with E-state index in [1.165, 1.54) is 11.9 Å². The molecule has 2 aromatic carbocycles. The Labute approximate surface area is 135 Å². The zero-order chi connectivity index (χ0) is 16.1. The van der Waals surface area contributed by atoms with Crippen molar-refractivity contribution in [3.8, 4) is 0 Å². The van der Waals surface area contributed by atoms with Gasteiger partial charge in [-0.1, -0.05) is 31.2 Å². The molecule has 5 nitrogen and oxygen atoms in total. The number of anilines is 1. The average Bonchev–Trinajstić information content (AvgIpc) is 3.09. The molecule has 3 rings (SSSR count). The van der Waals surface area contributed by atoms with Crippen LogP contribution in [0.15, 0.2) is 61.2 Å². The van der Waals surface area contributed by atoms with E-state index in [1.54, 1.807) is 11.0 Å². The molecule has 0 saturated carbocycles. The number of hydrogen-bond donors (Lipinski definition) is 1. The Balaban J connectivity index is 1.64. The van der Waals surface area contributed by atoms with Crippen LogP contribution in [0, 0.1) is 0 Å². The van der Waals surface area contributed by atoms with E-state index in [4.69, 9.17) is 0 Å². The summed E-state index contributed by atoms with van der Waals surface area (Å²) in [6.07, 6.45) is 4.16. The molecule has 0 aliphatic carbocycles. The standard InChI is InChI=1S/C18H18N4O/c1-2-14-5-9-17(10-6-14)21-18(23)16-7-3-15(4-8-16)11-22-13-19-12-20-22/h3-10,12-13H,2,11H2,1H3,(H,21,23). The number of amides is 1. The Kier molecular flexibility index (Phi) is 4.47. The van der Waals surface area contributed by atoms with Gasteiger partial charge in [0.05, 0.1) is 6.54 Å². The van der Waals surface area contributed by atoms with Crippen LogP contribution in [0.1, 0.15) is 28.4 Å². The Morgan fingerprint density at radius 1 is 1.04 bits per heavy atom. The molecule has 1 heterocycles. The fraction of sp³-hybridized carbons (Fsp3) is 0.167. The van der Waals surface area contributed by atoms with Gasteiger partial charge in [-0.15, -0.1) is 0 Å². The third kappa shape index (κ3) is 3.83. The number of benzene rings is 2. The van der Waals surface area contributed by atoms with Gasteiger partial charge in [0.25, 0.3) is 5.91 Å². The van der Waals surface area contributed by atoms with Crippen molar-refractivity contribution in [3.05, 3.63) is 77.9 Å². The van der Waals surface area contributed by atoms with E-state index in [0.717, 1.165) is 17.7 Å². The number of aromatic nitrogens is 3. The molecule has 0 spiro atoms. The Hall–Kier alpha value is -2.95. The van der Waals surface area contributed by atoms with E-state index in [1.807, 2.05) is 48.5 Å². The lowest BCUT2D eigenvalue weighted by atomic mass is 10.1. The largest absolute Gasteiger partial charge is 0.322 e. The summed E-state index contributed by atoms with van der Waals surface area (Å²) in [5, 5.41) is 6.97. The third-order valence-electron chi connectivity index (χ3n) is 3.65. The van der Waals surface area contributed by atoms with Gasteiger partial charge >= 0.3 is 0 Å². The normalized spacial score (nSPS) is 10.5. The maximum atomic E-state index is 12.3. The maximum Gasteiger partial charge on any atom is 0.255 e. The van der Waals surface area contributed by atoms with Crippen molar-refractivity contribution in [2.24, 2.45) is 0 Å². The molecule has 1 amide bonds. The van der Waals surface area contributed by atoms with Crippen LogP contribution < -0.4 is 5.32 Å². The molecule has 0 radical (unpaired) electrons. The van der Waals surface area contributed by atoms with Crippen molar-refractivity contribution in [1.29, 1.82) is 0 Å². The molecule has 3 aromatic rings. The number of carbonyl (C=O) groups excluding carboxylic acids is 1. The van der Waals surface area contributed by atoms with Gasteiger partial charge in [0, 0.05) is 11.3 Å². The van der Waals surface area contributed by atoms with Crippen LogP contribution in [0.2, 0.25) is 0 Å².